The van der Waals surface area contributed by atoms with E-state index in [0.29, 0.717) is 6.54 Å². The van der Waals surface area contributed by atoms with E-state index >= 15 is 0 Å². The third-order valence-electron chi connectivity index (χ3n) is 2.62. The van der Waals surface area contributed by atoms with Crippen molar-refractivity contribution in [2.75, 3.05) is 18.8 Å². The highest BCUT2D eigenvalue weighted by Gasteiger charge is 2.27. The van der Waals surface area contributed by atoms with Crippen LogP contribution < -0.4 is 5.32 Å². The van der Waals surface area contributed by atoms with Crippen LogP contribution in [0.2, 0.25) is 0 Å². The van der Waals surface area contributed by atoms with Gasteiger partial charge in [-0.25, -0.2) is 8.42 Å². The molecule has 0 heterocycles. The quantitative estimate of drug-likeness (QED) is 0.704. The highest BCUT2D eigenvalue weighted by molar-refractivity contribution is 7.92. The van der Waals surface area contributed by atoms with Gasteiger partial charge in [-0.05, 0) is 46.1 Å². The SMILES string of the molecule is CC(C)CCCNCCS(=O)(=O)C(C)(C)C. The van der Waals surface area contributed by atoms with Crippen molar-refractivity contribution in [1.82, 2.24) is 5.32 Å². The first kappa shape index (κ1) is 15.9. The van der Waals surface area contributed by atoms with E-state index < -0.39 is 14.6 Å². The molecule has 0 saturated carbocycles. The van der Waals surface area contributed by atoms with Crippen molar-refractivity contribution < 1.29 is 8.42 Å². The van der Waals surface area contributed by atoms with Crippen LogP contribution in [-0.2, 0) is 9.84 Å². The zero-order chi connectivity index (χ0) is 12.8. The van der Waals surface area contributed by atoms with E-state index in [9.17, 15) is 8.42 Å². The molecule has 0 aromatic heterocycles. The van der Waals surface area contributed by atoms with E-state index in [2.05, 4.69) is 19.2 Å². The van der Waals surface area contributed by atoms with Gasteiger partial charge in [0.05, 0.1) is 10.5 Å². The van der Waals surface area contributed by atoms with Gasteiger partial charge in [-0.2, -0.15) is 0 Å². The predicted molar refractivity (Wildman–Crippen MR) is 70.5 cm³/mol. The molecule has 0 aliphatic rings. The fourth-order valence-corrected chi connectivity index (χ4v) is 2.30. The average molecular weight is 249 g/mol. The van der Waals surface area contributed by atoms with Crippen molar-refractivity contribution in [1.29, 1.82) is 0 Å². The van der Waals surface area contributed by atoms with Gasteiger partial charge >= 0.3 is 0 Å². The Labute approximate surface area is 101 Å². The van der Waals surface area contributed by atoms with Gasteiger partial charge in [0.1, 0.15) is 0 Å². The Kier molecular flexibility index (Phi) is 6.56. The minimum absolute atomic E-state index is 0.234. The van der Waals surface area contributed by atoms with Crippen molar-refractivity contribution in [2.45, 2.75) is 52.2 Å². The first-order valence-corrected chi connectivity index (χ1v) is 7.75. The van der Waals surface area contributed by atoms with Crippen LogP contribution in [0.4, 0.5) is 0 Å². The largest absolute Gasteiger partial charge is 0.316 e. The van der Waals surface area contributed by atoms with Crippen molar-refractivity contribution >= 4 is 9.84 Å². The molecule has 0 aromatic rings. The Morgan fingerprint density at radius 2 is 1.69 bits per heavy atom. The minimum Gasteiger partial charge on any atom is -0.316 e. The molecule has 0 atom stereocenters. The van der Waals surface area contributed by atoms with Crippen molar-refractivity contribution in [3.8, 4) is 0 Å². The lowest BCUT2D eigenvalue weighted by Crippen LogP contribution is -2.34. The fourth-order valence-electron chi connectivity index (χ4n) is 1.27. The summed E-state index contributed by atoms with van der Waals surface area (Å²) in [4.78, 5) is 0. The molecule has 3 nitrogen and oxygen atoms in total. The highest BCUT2D eigenvalue weighted by Crippen LogP contribution is 2.15. The maximum atomic E-state index is 11.8. The van der Waals surface area contributed by atoms with Gasteiger partial charge in [-0.3, -0.25) is 0 Å². The highest BCUT2D eigenvalue weighted by atomic mass is 32.2. The van der Waals surface area contributed by atoms with Crippen LogP contribution in [0.25, 0.3) is 0 Å². The van der Waals surface area contributed by atoms with Crippen molar-refractivity contribution in [3.63, 3.8) is 0 Å². The van der Waals surface area contributed by atoms with E-state index in [4.69, 9.17) is 0 Å². The molecule has 0 fully saturated rings. The second kappa shape index (κ2) is 6.60. The third-order valence-corrected chi connectivity index (χ3v) is 5.22. The molecule has 0 saturated heterocycles. The molecule has 0 amide bonds. The molecule has 98 valence electrons. The van der Waals surface area contributed by atoms with Crippen LogP contribution in [0.3, 0.4) is 0 Å². The van der Waals surface area contributed by atoms with Crippen LogP contribution in [0.5, 0.6) is 0 Å². The molecular formula is C12H27NO2S. The first-order chi connectivity index (χ1) is 7.17. The second-order valence-electron chi connectivity index (χ2n) is 5.72. The zero-order valence-electron chi connectivity index (χ0n) is 11.3. The molecule has 0 aliphatic carbocycles. The number of sulfone groups is 1. The number of hydrogen-bond acceptors (Lipinski definition) is 3. The average Bonchev–Trinajstić information content (AvgIpc) is 2.08. The maximum absolute atomic E-state index is 11.8. The van der Waals surface area contributed by atoms with E-state index in [1.165, 1.54) is 6.42 Å². The Balaban J connectivity index is 3.68. The fraction of sp³-hybridized carbons (Fsp3) is 1.00. The summed E-state index contributed by atoms with van der Waals surface area (Å²) < 4.78 is 22.9. The van der Waals surface area contributed by atoms with E-state index in [-0.39, 0.29) is 5.75 Å². The summed E-state index contributed by atoms with van der Waals surface area (Å²) in [6, 6.07) is 0. The smallest absolute Gasteiger partial charge is 0.156 e. The van der Waals surface area contributed by atoms with E-state index in [1.807, 2.05) is 0 Å². The van der Waals surface area contributed by atoms with Crippen LogP contribution in [0.15, 0.2) is 0 Å². The molecule has 0 rings (SSSR count). The number of rotatable bonds is 7. The molecule has 0 aromatic carbocycles. The lowest BCUT2D eigenvalue weighted by Gasteiger charge is -2.19. The molecule has 0 spiro atoms. The topological polar surface area (TPSA) is 46.2 Å². The van der Waals surface area contributed by atoms with Gasteiger partial charge in [0.25, 0.3) is 0 Å². The van der Waals surface area contributed by atoms with Crippen LogP contribution in [0, 0.1) is 5.92 Å². The lowest BCUT2D eigenvalue weighted by molar-refractivity contribution is 0.528. The van der Waals surface area contributed by atoms with Gasteiger partial charge in [0.2, 0.25) is 0 Å². The molecule has 16 heavy (non-hydrogen) atoms. The Morgan fingerprint density at radius 3 is 2.12 bits per heavy atom. The van der Waals surface area contributed by atoms with Gasteiger partial charge < -0.3 is 5.32 Å². The zero-order valence-corrected chi connectivity index (χ0v) is 12.2. The minimum atomic E-state index is -2.96. The van der Waals surface area contributed by atoms with Crippen molar-refractivity contribution in [3.05, 3.63) is 0 Å². The predicted octanol–water partition coefficient (Wildman–Crippen LogP) is 2.23. The molecule has 1 N–H and O–H groups in total. The van der Waals surface area contributed by atoms with Crippen LogP contribution >= 0.6 is 0 Å². The molecule has 0 radical (unpaired) electrons. The summed E-state index contributed by atoms with van der Waals surface area (Å²) in [5, 5.41) is 3.19. The number of nitrogens with one attached hydrogen (secondary N) is 1. The van der Waals surface area contributed by atoms with Gasteiger partial charge in [0.15, 0.2) is 9.84 Å². The summed E-state index contributed by atoms with van der Waals surface area (Å²) in [6.45, 7) is 11.1. The summed E-state index contributed by atoms with van der Waals surface area (Å²) in [6.07, 6.45) is 2.31. The normalized spacial score (nSPS) is 13.4. The Morgan fingerprint density at radius 1 is 1.12 bits per heavy atom. The van der Waals surface area contributed by atoms with Crippen LogP contribution in [-0.4, -0.2) is 32.0 Å². The molecule has 0 unspecified atom stereocenters. The third kappa shape index (κ3) is 6.48. The first-order valence-electron chi connectivity index (χ1n) is 6.10. The summed E-state index contributed by atoms with van der Waals surface area (Å²) in [7, 11) is -2.96. The second-order valence-corrected chi connectivity index (χ2v) is 8.58. The lowest BCUT2D eigenvalue weighted by atomic mass is 10.1. The Bertz CT molecular complexity index is 276. The molecular weight excluding hydrogens is 222 g/mol. The summed E-state index contributed by atoms with van der Waals surface area (Å²) >= 11 is 0. The molecule has 4 heteroatoms. The molecule has 0 bridgehead atoms. The van der Waals surface area contributed by atoms with Gasteiger partial charge in [0, 0.05) is 6.54 Å². The van der Waals surface area contributed by atoms with E-state index in [1.54, 1.807) is 20.8 Å². The monoisotopic (exact) mass is 249 g/mol. The molecule has 0 aliphatic heterocycles. The maximum Gasteiger partial charge on any atom is 0.156 e. The number of hydrogen-bond donors (Lipinski definition) is 1. The standard InChI is InChI=1S/C12H27NO2S/c1-11(2)7-6-8-13-9-10-16(14,15)12(3,4)5/h11,13H,6-10H2,1-5H3. The van der Waals surface area contributed by atoms with Crippen LogP contribution in [0.1, 0.15) is 47.5 Å². The Hall–Kier alpha value is -0.0900. The van der Waals surface area contributed by atoms with Gasteiger partial charge in [-0.1, -0.05) is 13.8 Å². The van der Waals surface area contributed by atoms with Crippen molar-refractivity contribution in [2.24, 2.45) is 5.92 Å². The van der Waals surface area contributed by atoms with Gasteiger partial charge in [-0.15, -0.1) is 0 Å². The summed E-state index contributed by atoms with van der Waals surface area (Å²) in [5.74, 6) is 0.957. The van der Waals surface area contributed by atoms with E-state index in [0.717, 1.165) is 18.9 Å². The summed E-state index contributed by atoms with van der Waals surface area (Å²) in [5.41, 5.74) is 0.